The molecule has 0 saturated heterocycles. The summed E-state index contributed by atoms with van der Waals surface area (Å²) in [5, 5.41) is 7.02. The van der Waals surface area contributed by atoms with E-state index in [-0.39, 0.29) is 17.4 Å². The smallest absolute Gasteiger partial charge is 0.257 e. The van der Waals surface area contributed by atoms with Gasteiger partial charge in [0, 0.05) is 6.04 Å². The lowest BCUT2D eigenvalue weighted by molar-refractivity contribution is 0.565. The van der Waals surface area contributed by atoms with Gasteiger partial charge in [-0.3, -0.25) is 9.59 Å². The minimum atomic E-state index is -1.50. The Morgan fingerprint density at radius 1 is 0.912 bits per heavy atom. The predicted octanol–water partition coefficient (Wildman–Crippen LogP) is 4.30. The Bertz CT molecular complexity index is 1250. The molecule has 3 aromatic carbocycles. The zero-order valence-electron chi connectivity index (χ0n) is 19.8. The van der Waals surface area contributed by atoms with E-state index in [9.17, 15) is 14.1 Å². The van der Waals surface area contributed by atoms with Gasteiger partial charge in [0.2, 0.25) is 0 Å². The van der Waals surface area contributed by atoms with Crippen molar-refractivity contribution in [1.82, 2.24) is 0 Å². The summed E-state index contributed by atoms with van der Waals surface area (Å²) in [7, 11) is -0.775. The van der Waals surface area contributed by atoms with E-state index < -0.39 is 34.9 Å². The van der Waals surface area contributed by atoms with Crippen molar-refractivity contribution >= 4 is 41.3 Å². The number of hydrogen-bond acceptors (Lipinski definition) is 5. The first-order valence-electron chi connectivity index (χ1n) is 11.3. The van der Waals surface area contributed by atoms with Crippen LogP contribution < -0.4 is 31.5 Å². The van der Waals surface area contributed by atoms with Crippen LogP contribution in [0.2, 0.25) is 0 Å². The molecule has 0 amide bonds. The molecule has 0 saturated carbocycles. The Kier molecular flexibility index (Phi) is 7.13. The maximum absolute atomic E-state index is 12.5. The number of hydrogen-bond donors (Lipinski definition) is 2. The molecule has 34 heavy (non-hydrogen) atoms. The quantitative estimate of drug-likeness (QED) is 0.278. The van der Waals surface area contributed by atoms with Gasteiger partial charge in [0.25, 0.3) is 10.9 Å². The van der Waals surface area contributed by atoms with Crippen LogP contribution in [0.5, 0.6) is 0 Å². The Hall–Kier alpha value is -2.66. The molecule has 2 N–H and O–H groups in total. The van der Waals surface area contributed by atoms with Crippen molar-refractivity contribution in [3.05, 3.63) is 104 Å². The molecule has 0 bridgehead atoms. The van der Waals surface area contributed by atoms with Crippen LogP contribution in [0.3, 0.4) is 0 Å². The van der Waals surface area contributed by atoms with Gasteiger partial charge in [-0.1, -0.05) is 72.8 Å². The maximum Gasteiger partial charge on any atom is 0.257 e. The van der Waals surface area contributed by atoms with Crippen LogP contribution in [0.15, 0.2) is 93.3 Å². The molecule has 1 aliphatic rings. The highest BCUT2D eigenvalue weighted by Crippen LogP contribution is 2.48. The molecule has 0 aliphatic heterocycles. The van der Waals surface area contributed by atoms with Gasteiger partial charge in [-0.25, -0.2) is 4.72 Å². The first-order chi connectivity index (χ1) is 16.2. The summed E-state index contributed by atoms with van der Waals surface area (Å²) in [4.78, 5) is 24.6. The molecule has 7 heteroatoms. The second-order valence-electron chi connectivity index (χ2n) is 9.28. The van der Waals surface area contributed by atoms with Crippen molar-refractivity contribution in [2.45, 2.75) is 44.9 Å². The molecule has 176 valence electrons. The van der Waals surface area contributed by atoms with Gasteiger partial charge >= 0.3 is 0 Å². The van der Waals surface area contributed by atoms with Crippen molar-refractivity contribution in [3.63, 3.8) is 0 Å². The lowest BCUT2D eigenvalue weighted by Gasteiger charge is -2.27. The van der Waals surface area contributed by atoms with Gasteiger partial charge in [-0.2, -0.15) is 0 Å². The summed E-state index contributed by atoms with van der Waals surface area (Å²) in [6, 6.07) is 20.8. The van der Waals surface area contributed by atoms with Crippen molar-refractivity contribution in [2.24, 2.45) is 0 Å². The monoisotopic (exact) mass is 492 g/mol. The zero-order valence-corrected chi connectivity index (χ0v) is 21.5. The molecule has 0 fully saturated rings. The fourth-order valence-corrected chi connectivity index (χ4v) is 7.19. The second-order valence-corrected chi connectivity index (χ2v) is 13.4. The summed E-state index contributed by atoms with van der Waals surface area (Å²) < 4.78 is 14.7. The van der Waals surface area contributed by atoms with Gasteiger partial charge in [0.05, 0.1) is 11.4 Å². The molecule has 0 unspecified atom stereocenters. The van der Waals surface area contributed by atoms with E-state index in [1.165, 1.54) is 21.5 Å². The number of rotatable bonds is 8. The van der Waals surface area contributed by atoms with Crippen molar-refractivity contribution in [2.75, 3.05) is 10.0 Å². The zero-order chi connectivity index (χ0) is 24.5. The first-order valence-corrected chi connectivity index (χ1v) is 13.8. The SMILES string of the molecule is C[C@@H](Nc1c(N[S@+]([O-])C(C)(C)C)c(=O)c1=O)C1=C(P(c2ccccc2)c2ccccc2)C=CC1. The van der Waals surface area contributed by atoms with Crippen LogP contribution in [0.4, 0.5) is 11.4 Å². The summed E-state index contributed by atoms with van der Waals surface area (Å²) in [5.41, 5.74) is 0.336. The van der Waals surface area contributed by atoms with E-state index in [4.69, 9.17) is 0 Å². The van der Waals surface area contributed by atoms with Crippen LogP contribution in [-0.2, 0) is 11.4 Å². The number of allylic oxidation sites excluding steroid dienone is 3. The minimum absolute atomic E-state index is 0.117. The first kappa shape index (κ1) is 24.5. The Balaban J connectivity index is 1.67. The average Bonchev–Trinajstić information content (AvgIpc) is 3.31. The maximum atomic E-state index is 12.5. The summed E-state index contributed by atoms with van der Waals surface area (Å²) in [5.74, 6) is 0. The molecular weight excluding hydrogens is 463 g/mol. The third kappa shape index (κ3) is 4.90. The molecule has 5 nitrogen and oxygen atoms in total. The normalized spacial score (nSPS) is 15.7. The van der Waals surface area contributed by atoms with Crippen LogP contribution in [0.25, 0.3) is 0 Å². The highest BCUT2D eigenvalue weighted by Gasteiger charge is 2.33. The fraction of sp³-hybridized carbons (Fsp3) is 0.259. The van der Waals surface area contributed by atoms with E-state index >= 15 is 0 Å². The van der Waals surface area contributed by atoms with Gasteiger partial charge < -0.3 is 9.87 Å². The van der Waals surface area contributed by atoms with Crippen molar-refractivity contribution in [1.29, 1.82) is 0 Å². The number of nitrogens with one attached hydrogen (secondary N) is 2. The molecule has 0 radical (unpaired) electrons. The van der Waals surface area contributed by atoms with Crippen molar-refractivity contribution in [3.8, 4) is 0 Å². The van der Waals surface area contributed by atoms with E-state index in [0.717, 1.165) is 6.42 Å². The van der Waals surface area contributed by atoms with Gasteiger partial charge in [0.15, 0.2) is 5.69 Å². The fourth-order valence-electron chi connectivity index (χ4n) is 3.88. The lowest BCUT2D eigenvalue weighted by Crippen LogP contribution is -2.43. The van der Waals surface area contributed by atoms with E-state index in [0.29, 0.717) is 0 Å². The Morgan fingerprint density at radius 3 is 1.97 bits per heavy atom. The Labute approximate surface area is 204 Å². The highest BCUT2D eigenvalue weighted by atomic mass is 32.2. The number of anilines is 2. The van der Waals surface area contributed by atoms with E-state index in [1.807, 2.05) is 39.8 Å². The van der Waals surface area contributed by atoms with Crippen molar-refractivity contribution < 1.29 is 4.55 Å². The summed E-state index contributed by atoms with van der Waals surface area (Å²) in [6.45, 7) is 7.45. The van der Waals surface area contributed by atoms with Gasteiger partial charge in [-0.05, 0) is 63.5 Å². The molecular formula is C27H29N2O3PS. The molecule has 0 aromatic heterocycles. The Morgan fingerprint density at radius 2 is 1.44 bits per heavy atom. The minimum Gasteiger partial charge on any atom is -0.593 e. The van der Waals surface area contributed by atoms with Crippen LogP contribution in [-0.4, -0.2) is 15.3 Å². The van der Waals surface area contributed by atoms with Crippen LogP contribution in [0, 0.1) is 0 Å². The predicted molar refractivity (Wildman–Crippen MR) is 146 cm³/mol. The van der Waals surface area contributed by atoms with E-state index in [2.05, 4.69) is 70.7 Å². The topological polar surface area (TPSA) is 81.3 Å². The molecule has 2 atom stereocenters. The highest BCUT2D eigenvalue weighted by molar-refractivity contribution is 7.94. The molecule has 1 aliphatic carbocycles. The molecule has 3 aromatic rings. The number of benzene rings is 2. The third-order valence-electron chi connectivity index (χ3n) is 5.76. The van der Waals surface area contributed by atoms with Crippen LogP contribution in [0.1, 0.15) is 34.1 Å². The second kappa shape index (κ2) is 9.91. The summed E-state index contributed by atoms with van der Waals surface area (Å²) >= 11 is -1.50. The molecule has 0 heterocycles. The standard InChI is InChI=1S/C27H29N2O3PS/c1-18(28-23-24(26(31)25(23)30)29-34(32)27(2,3)4)21-16-11-17-22(21)33(19-12-7-5-8-13-19)20-14-9-6-10-15-20/h5-15,17-18,28-29H,16H2,1-4H3/t18-,34-/m1/s1. The largest absolute Gasteiger partial charge is 0.593 e. The van der Waals surface area contributed by atoms with Gasteiger partial charge in [0.1, 0.15) is 10.4 Å². The third-order valence-corrected chi connectivity index (χ3v) is 9.81. The van der Waals surface area contributed by atoms with Crippen LogP contribution >= 0.6 is 7.92 Å². The van der Waals surface area contributed by atoms with E-state index in [1.54, 1.807) is 0 Å². The van der Waals surface area contributed by atoms with Gasteiger partial charge in [-0.15, -0.1) is 0 Å². The average molecular weight is 493 g/mol. The molecule has 4 rings (SSSR count). The lowest BCUT2D eigenvalue weighted by atomic mass is 10.1. The summed E-state index contributed by atoms with van der Waals surface area (Å²) in [6.07, 6.45) is 5.11. The molecule has 0 spiro atoms.